The summed E-state index contributed by atoms with van der Waals surface area (Å²) in [5, 5.41) is 0. The van der Waals surface area contributed by atoms with Crippen molar-refractivity contribution in [2.75, 3.05) is 0 Å². The summed E-state index contributed by atoms with van der Waals surface area (Å²) in [5.74, 6) is 0.801. The zero-order valence-electron chi connectivity index (χ0n) is 25.5. The lowest BCUT2D eigenvalue weighted by atomic mass is 9.35. The van der Waals surface area contributed by atoms with Gasteiger partial charge in [0.05, 0.1) is 0 Å². The van der Waals surface area contributed by atoms with E-state index >= 15 is 0 Å². The minimum atomic E-state index is 0.339. The third-order valence-corrected chi connectivity index (χ3v) is 14.3. The first-order valence-corrected chi connectivity index (χ1v) is 13.1. The molecule has 0 spiro atoms. The molecule has 2 aliphatic rings. The van der Waals surface area contributed by atoms with Gasteiger partial charge in [-0.05, 0) is 67.5 Å². The molecule has 0 aromatic carbocycles. The standard InChI is InChI=1S/C16H32.C15H30/c1-12(2)11-13(3,4)15(7,8)16(9,10)14(12,5)6;1-11-10-12(2,3)14(6,7)15(8,9)13(11,4)5/h11H2,1-10H3;11H,10H2,1-9H3. The molecule has 0 heteroatoms. The molecule has 0 aromatic rings. The predicted octanol–water partition coefficient (Wildman–Crippen LogP) is 10.7. The molecule has 2 fully saturated rings. The van der Waals surface area contributed by atoms with E-state index in [1.165, 1.54) is 12.8 Å². The summed E-state index contributed by atoms with van der Waals surface area (Å²) >= 11 is 0. The maximum absolute atomic E-state index is 2.47. The van der Waals surface area contributed by atoms with Crippen molar-refractivity contribution >= 4 is 0 Å². The Kier molecular flexibility index (Phi) is 6.79. The van der Waals surface area contributed by atoms with Gasteiger partial charge < -0.3 is 0 Å². The zero-order chi connectivity index (χ0) is 25.5. The van der Waals surface area contributed by atoms with Crippen molar-refractivity contribution in [1.82, 2.24) is 0 Å². The van der Waals surface area contributed by atoms with Crippen LogP contribution in [0.15, 0.2) is 0 Å². The van der Waals surface area contributed by atoms with Crippen molar-refractivity contribution < 1.29 is 0 Å². The Morgan fingerprint density at radius 2 is 0.677 bits per heavy atom. The van der Waals surface area contributed by atoms with E-state index in [1.54, 1.807) is 0 Å². The summed E-state index contributed by atoms with van der Waals surface area (Å²) in [5.41, 5.74) is 3.48. The van der Waals surface area contributed by atoms with Crippen LogP contribution in [-0.2, 0) is 0 Å². The maximum Gasteiger partial charge on any atom is -0.0241 e. The third kappa shape index (κ3) is 3.67. The van der Waals surface area contributed by atoms with Crippen molar-refractivity contribution in [3.63, 3.8) is 0 Å². The highest BCUT2D eigenvalue weighted by Gasteiger charge is 2.64. The van der Waals surface area contributed by atoms with Crippen molar-refractivity contribution in [1.29, 1.82) is 0 Å². The lowest BCUT2D eigenvalue weighted by molar-refractivity contribution is -0.208. The van der Waals surface area contributed by atoms with Crippen LogP contribution in [0.2, 0.25) is 0 Å². The van der Waals surface area contributed by atoms with E-state index in [4.69, 9.17) is 0 Å². The molecule has 1 unspecified atom stereocenters. The lowest BCUT2D eigenvalue weighted by Gasteiger charge is -2.69. The Balaban J connectivity index is 0.000000311. The molecule has 0 amide bonds. The van der Waals surface area contributed by atoms with E-state index in [0.29, 0.717) is 48.7 Å². The van der Waals surface area contributed by atoms with E-state index in [-0.39, 0.29) is 0 Å². The Bertz CT molecular complexity index is 630. The van der Waals surface area contributed by atoms with Gasteiger partial charge in [-0.2, -0.15) is 0 Å². The average molecular weight is 435 g/mol. The van der Waals surface area contributed by atoms with Crippen LogP contribution in [0, 0.1) is 54.7 Å². The highest BCUT2D eigenvalue weighted by molar-refractivity contribution is 5.13. The van der Waals surface area contributed by atoms with Crippen LogP contribution < -0.4 is 0 Å². The fourth-order valence-electron chi connectivity index (χ4n) is 7.56. The second kappa shape index (κ2) is 7.25. The molecule has 31 heavy (non-hydrogen) atoms. The van der Waals surface area contributed by atoms with Gasteiger partial charge in [-0.25, -0.2) is 0 Å². The molecule has 0 heterocycles. The summed E-state index contributed by atoms with van der Waals surface area (Å²) in [6.07, 6.45) is 2.65. The number of hydrogen-bond acceptors (Lipinski definition) is 0. The van der Waals surface area contributed by atoms with Gasteiger partial charge in [0.15, 0.2) is 0 Å². The van der Waals surface area contributed by atoms with Crippen molar-refractivity contribution in [3.8, 4) is 0 Å². The van der Waals surface area contributed by atoms with Crippen LogP contribution in [0.4, 0.5) is 0 Å². The molecule has 0 saturated heterocycles. The summed E-state index contributed by atoms with van der Waals surface area (Å²) < 4.78 is 0. The largest absolute Gasteiger partial charge is 0.0620 e. The topological polar surface area (TPSA) is 0 Å². The lowest BCUT2D eigenvalue weighted by Crippen LogP contribution is -2.62. The molecular formula is C31H62. The fourth-order valence-corrected chi connectivity index (χ4v) is 7.56. The van der Waals surface area contributed by atoms with E-state index in [1.807, 2.05) is 0 Å². The molecule has 2 aliphatic carbocycles. The summed E-state index contributed by atoms with van der Waals surface area (Å²) in [6, 6.07) is 0. The van der Waals surface area contributed by atoms with Gasteiger partial charge in [0, 0.05) is 0 Å². The highest BCUT2D eigenvalue weighted by Crippen LogP contribution is 2.72. The SMILES string of the molecule is CC1(C)CC(C)(C)C(C)(C)C(C)(C)C1(C)C.CC1CC(C)(C)C(C)(C)C(C)(C)C1(C)C. The van der Waals surface area contributed by atoms with Crippen LogP contribution >= 0.6 is 0 Å². The molecule has 0 aromatic heterocycles. The molecular weight excluding hydrogens is 372 g/mol. The van der Waals surface area contributed by atoms with Crippen LogP contribution in [-0.4, -0.2) is 0 Å². The molecule has 0 radical (unpaired) electrons. The van der Waals surface area contributed by atoms with Gasteiger partial charge in [0.1, 0.15) is 0 Å². The van der Waals surface area contributed by atoms with E-state index < -0.39 is 0 Å². The van der Waals surface area contributed by atoms with Crippen LogP contribution in [0.3, 0.4) is 0 Å². The molecule has 1 atom stereocenters. The molecule has 0 aliphatic heterocycles. The Morgan fingerprint density at radius 1 is 0.387 bits per heavy atom. The first-order valence-electron chi connectivity index (χ1n) is 13.1. The van der Waals surface area contributed by atoms with Gasteiger partial charge in [0.2, 0.25) is 0 Å². The van der Waals surface area contributed by atoms with Gasteiger partial charge in [-0.3, -0.25) is 0 Å². The van der Waals surface area contributed by atoms with Crippen LogP contribution in [0.5, 0.6) is 0 Å². The van der Waals surface area contributed by atoms with Gasteiger partial charge in [-0.1, -0.05) is 132 Å². The van der Waals surface area contributed by atoms with Gasteiger partial charge >= 0.3 is 0 Å². The maximum atomic E-state index is 2.47. The summed E-state index contributed by atoms with van der Waals surface area (Å²) in [4.78, 5) is 0. The van der Waals surface area contributed by atoms with Gasteiger partial charge in [0.25, 0.3) is 0 Å². The molecule has 2 rings (SSSR count). The van der Waals surface area contributed by atoms with E-state index in [9.17, 15) is 0 Å². The first kappa shape index (κ1) is 29.0. The zero-order valence-corrected chi connectivity index (χ0v) is 25.5. The third-order valence-electron chi connectivity index (χ3n) is 14.3. The fraction of sp³-hybridized carbons (Fsp3) is 1.00. The highest BCUT2D eigenvalue weighted by atomic mass is 14.7. The Morgan fingerprint density at radius 3 is 1.00 bits per heavy atom. The average Bonchev–Trinajstić information content (AvgIpc) is 2.50. The molecule has 186 valence electrons. The van der Waals surface area contributed by atoms with Crippen molar-refractivity contribution in [3.05, 3.63) is 0 Å². The quantitative estimate of drug-likeness (QED) is 0.355. The second-order valence-electron chi connectivity index (χ2n) is 16.8. The number of rotatable bonds is 0. The van der Waals surface area contributed by atoms with Gasteiger partial charge in [-0.15, -0.1) is 0 Å². The smallest absolute Gasteiger partial charge is 0.0241 e. The Labute approximate surface area is 199 Å². The number of hydrogen-bond donors (Lipinski definition) is 0. The summed E-state index contributed by atoms with van der Waals surface area (Å²) in [7, 11) is 0. The van der Waals surface area contributed by atoms with Crippen LogP contribution in [0.1, 0.15) is 144 Å². The first-order chi connectivity index (χ1) is 13.1. The van der Waals surface area contributed by atoms with Crippen molar-refractivity contribution in [2.45, 2.75) is 144 Å². The summed E-state index contributed by atoms with van der Waals surface area (Å²) in [6.45, 7) is 46.7. The minimum Gasteiger partial charge on any atom is -0.0620 e. The molecule has 0 N–H and O–H groups in total. The predicted molar refractivity (Wildman–Crippen MR) is 142 cm³/mol. The second-order valence-corrected chi connectivity index (χ2v) is 16.8. The van der Waals surface area contributed by atoms with E-state index in [2.05, 4.69) is 132 Å². The minimum absolute atomic E-state index is 0.339. The van der Waals surface area contributed by atoms with E-state index in [0.717, 1.165) is 5.92 Å². The van der Waals surface area contributed by atoms with Crippen LogP contribution in [0.25, 0.3) is 0 Å². The normalized spacial score (nSPS) is 34.7. The monoisotopic (exact) mass is 434 g/mol. The molecule has 0 nitrogen and oxygen atoms in total. The van der Waals surface area contributed by atoms with Crippen molar-refractivity contribution in [2.24, 2.45) is 54.7 Å². The molecule has 2 saturated carbocycles. The molecule has 0 bridgehead atoms. The Hall–Kier alpha value is 0.